The van der Waals surface area contributed by atoms with Crippen LogP contribution in [0.3, 0.4) is 0 Å². The quantitative estimate of drug-likeness (QED) is 0.648. The number of cyclic esters (lactones) is 1. The second-order valence-electron chi connectivity index (χ2n) is 3.49. The summed E-state index contributed by atoms with van der Waals surface area (Å²) in [6, 6.07) is 0. The van der Waals surface area contributed by atoms with Crippen LogP contribution in [0.5, 0.6) is 0 Å². The molecule has 1 N–H and O–H groups in total. The van der Waals surface area contributed by atoms with E-state index >= 15 is 0 Å². The Morgan fingerprint density at radius 2 is 2.42 bits per heavy atom. The molecule has 12 heavy (non-hydrogen) atoms. The Hall–Kier alpha value is -0.570. The van der Waals surface area contributed by atoms with Gasteiger partial charge in [-0.15, -0.1) is 0 Å². The summed E-state index contributed by atoms with van der Waals surface area (Å²) in [4.78, 5) is 10.8. The second kappa shape index (κ2) is 3.90. The molecular weight excluding hydrogens is 156 g/mol. The summed E-state index contributed by atoms with van der Waals surface area (Å²) >= 11 is 0. The van der Waals surface area contributed by atoms with Gasteiger partial charge in [0.05, 0.1) is 6.61 Å². The summed E-state index contributed by atoms with van der Waals surface area (Å²) in [5.74, 6) is -0.1000. The van der Waals surface area contributed by atoms with Gasteiger partial charge in [0.15, 0.2) is 0 Å². The van der Waals surface area contributed by atoms with Crippen molar-refractivity contribution in [3.63, 3.8) is 0 Å². The predicted molar refractivity (Wildman–Crippen MR) is 44.6 cm³/mol. The molecule has 0 radical (unpaired) electrons. The second-order valence-corrected chi connectivity index (χ2v) is 3.49. The average Bonchev–Trinajstić information content (AvgIpc) is 2.10. The smallest absolute Gasteiger partial charge is 0.305 e. The Morgan fingerprint density at radius 1 is 1.67 bits per heavy atom. The highest BCUT2D eigenvalue weighted by atomic mass is 16.5. The number of rotatable bonds is 3. The third-order valence-corrected chi connectivity index (χ3v) is 2.79. The number of aliphatic hydroxyl groups is 1. The molecule has 3 heteroatoms. The molecule has 0 amide bonds. The van der Waals surface area contributed by atoms with E-state index in [4.69, 9.17) is 9.84 Å². The molecular formula is C9H16O3. The van der Waals surface area contributed by atoms with Gasteiger partial charge in [0.2, 0.25) is 0 Å². The van der Waals surface area contributed by atoms with Crippen LogP contribution >= 0.6 is 0 Å². The van der Waals surface area contributed by atoms with Gasteiger partial charge in [-0.25, -0.2) is 0 Å². The average molecular weight is 172 g/mol. The van der Waals surface area contributed by atoms with Gasteiger partial charge in [0.1, 0.15) is 0 Å². The first-order valence-corrected chi connectivity index (χ1v) is 4.49. The van der Waals surface area contributed by atoms with Crippen LogP contribution in [-0.2, 0) is 9.53 Å². The fourth-order valence-electron chi connectivity index (χ4n) is 1.64. The molecule has 1 heterocycles. The number of esters is 1. The first kappa shape index (κ1) is 9.52. The highest BCUT2D eigenvalue weighted by molar-refractivity contribution is 5.70. The molecule has 70 valence electrons. The molecule has 3 nitrogen and oxygen atoms in total. The lowest BCUT2D eigenvalue weighted by atomic mass is 9.77. The Bertz CT molecular complexity index is 155. The zero-order valence-corrected chi connectivity index (χ0v) is 7.51. The highest BCUT2D eigenvalue weighted by Gasteiger charge is 2.33. The largest absolute Gasteiger partial charge is 0.465 e. The third-order valence-electron chi connectivity index (χ3n) is 2.79. The summed E-state index contributed by atoms with van der Waals surface area (Å²) in [6.07, 6.45) is 3.09. The van der Waals surface area contributed by atoms with Crippen LogP contribution in [0.4, 0.5) is 0 Å². The minimum Gasteiger partial charge on any atom is -0.465 e. The van der Waals surface area contributed by atoms with Crippen LogP contribution in [-0.4, -0.2) is 24.3 Å². The van der Waals surface area contributed by atoms with E-state index in [-0.39, 0.29) is 18.0 Å². The van der Waals surface area contributed by atoms with Gasteiger partial charge >= 0.3 is 5.97 Å². The molecule has 1 atom stereocenters. The van der Waals surface area contributed by atoms with E-state index in [2.05, 4.69) is 6.92 Å². The minimum atomic E-state index is -0.1000. The fourth-order valence-corrected chi connectivity index (χ4v) is 1.64. The molecule has 1 aliphatic heterocycles. The molecule has 0 aliphatic carbocycles. The summed E-state index contributed by atoms with van der Waals surface area (Å²) in [5, 5.41) is 8.84. The van der Waals surface area contributed by atoms with E-state index in [0.29, 0.717) is 13.0 Å². The van der Waals surface area contributed by atoms with Crippen molar-refractivity contribution >= 4 is 5.97 Å². The Morgan fingerprint density at radius 3 is 2.83 bits per heavy atom. The first-order valence-electron chi connectivity index (χ1n) is 4.49. The van der Waals surface area contributed by atoms with Gasteiger partial charge in [-0.1, -0.05) is 6.92 Å². The lowest BCUT2D eigenvalue weighted by Crippen LogP contribution is -2.34. The van der Waals surface area contributed by atoms with Crippen LogP contribution < -0.4 is 0 Å². The molecule has 0 aromatic heterocycles. The van der Waals surface area contributed by atoms with Crippen LogP contribution in [0.15, 0.2) is 0 Å². The fraction of sp³-hybridized carbons (Fsp3) is 0.889. The Labute approximate surface area is 72.7 Å². The predicted octanol–water partition coefficient (Wildman–Crippen LogP) is 1.10. The van der Waals surface area contributed by atoms with E-state index in [0.717, 1.165) is 19.3 Å². The van der Waals surface area contributed by atoms with Gasteiger partial charge < -0.3 is 9.84 Å². The van der Waals surface area contributed by atoms with Gasteiger partial charge in [-0.05, 0) is 19.3 Å². The number of hydrogen-bond acceptors (Lipinski definition) is 3. The normalized spacial score (nSPS) is 30.0. The van der Waals surface area contributed by atoms with Crippen LogP contribution in [0, 0.1) is 5.41 Å². The number of aliphatic hydroxyl groups excluding tert-OH is 1. The molecule has 0 spiro atoms. The lowest BCUT2D eigenvalue weighted by molar-refractivity contribution is -0.155. The van der Waals surface area contributed by atoms with Crippen LogP contribution in [0.1, 0.15) is 32.6 Å². The summed E-state index contributed by atoms with van der Waals surface area (Å²) in [7, 11) is 0. The van der Waals surface area contributed by atoms with Gasteiger partial charge in [0, 0.05) is 18.4 Å². The molecule has 1 unspecified atom stereocenters. The molecule has 1 aliphatic rings. The molecule has 0 aromatic carbocycles. The van der Waals surface area contributed by atoms with Crippen LogP contribution in [0.25, 0.3) is 0 Å². The van der Waals surface area contributed by atoms with Gasteiger partial charge in [-0.2, -0.15) is 0 Å². The lowest BCUT2D eigenvalue weighted by Gasteiger charge is -2.34. The number of carbonyl (C=O) groups excluding carboxylic acids is 1. The van der Waals surface area contributed by atoms with Crippen molar-refractivity contribution in [3.05, 3.63) is 0 Å². The van der Waals surface area contributed by atoms with E-state index in [9.17, 15) is 4.79 Å². The standard InChI is InChI=1S/C9H16O3/c1-2-9(5-6-10)4-3-8(11)12-7-9/h10H,2-7H2,1H3. The zero-order valence-electron chi connectivity index (χ0n) is 7.51. The molecule has 0 aromatic rings. The van der Waals surface area contributed by atoms with E-state index < -0.39 is 0 Å². The maximum atomic E-state index is 10.8. The highest BCUT2D eigenvalue weighted by Crippen LogP contribution is 2.35. The molecule has 1 fully saturated rings. The SMILES string of the molecule is CCC1(CCO)CCC(=O)OC1. The van der Waals surface area contributed by atoms with E-state index in [1.54, 1.807) is 0 Å². The first-order chi connectivity index (χ1) is 5.72. The zero-order chi connectivity index (χ0) is 9.03. The molecule has 1 rings (SSSR count). The van der Waals surface area contributed by atoms with Crippen molar-refractivity contribution in [1.82, 2.24) is 0 Å². The third kappa shape index (κ3) is 1.97. The number of carbonyl (C=O) groups is 1. The monoisotopic (exact) mass is 172 g/mol. The van der Waals surface area contributed by atoms with E-state index in [1.807, 2.05) is 0 Å². The van der Waals surface area contributed by atoms with Crippen molar-refractivity contribution in [1.29, 1.82) is 0 Å². The molecule has 0 bridgehead atoms. The summed E-state index contributed by atoms with van der Waals surface area (Å²) < 4.78 is 4.99. The van der Waals surface area contributed by atoms with Crippen molar-refractivity contribution in [2.45, 2.75) is 32.6 Å². The van der Waals surface area contributed by atoms with E-state index in [1.165, 1.54) is 0 Å². The summed E-state index contributed by atoms with van der Waals surface area (Å²) in [6.45, 7) is 2.75. The Kier molecular flexibility index (Phi) is 3.09. The van der Waals surface area contributed by atoms with Gasteiger partial charge in [-0.3, -0.25) is 4.79 Å². The minimum absolute atomic E-state index is 0.0582. The maximum Gasteiger partial charge on any atom is 0.305 e. The maximum absolute atomic E-state index is 10.8. The Balaban J connectivity index is 2.50. The summed E-state index contributed by atoms with van der Waals surface area (Å²) in [5.41, 5.74) is 0.0582. The van der Waals surface area contributed by atoms with Gasteiger partial charge in [0.25, 0.3) is 0 Å². The molecule has 1 saturated heterocycles. The molecule has 0 saturated carbocycles. The number of hydrogen-bond donors (Lipinski definition) is 1. The number of ether oxygens (including phenoxy) is 1. The van der Waals surface area contributed by atoms with Crippen LogP contribution in [0.2, 0.25) is 0 Å². The van der Waals surface area contributed by atoms with Crippen molar-refractivity contribution < 1.29 is 14.6 Å². The van der Waals surface area contributed by atoms with Crippen molar-refractivity contribution in [2.24, 2.45) is 5.41 Å². The van der Waals surface area contributed by atoms with Crippen molar-refractivity contribution in [3.8, 4) is 0 Å². The van der Waals surface area contributed by atoms with Crippen molar-refractivity contribution in [2.75, 3.05) is 13.2 Å². The topological polar surface area (TPSA) is 46.5 Å².